The van der Waals surface area contributed by atoms with Crippen LogP contribution in [0.25, 0.3) is 11.0 Å². The van der Waals surface area contributed by atoms with Gasteiger partial charge in [0.1, 0.15) is 17.3 Å². The molecule has 20 heavy (non-hydrogen) atoms. The maximum Gasteiger partial charge on any atom is 0.146 e. The van der Waals surface area contributed by atoms with Crippen LogP contribution in [0.3, 0.4) is 0 Å². The summed E-state index contributed by atoms with van der Waals surface area (Å²) in [7, 11) is 0. The zero-order valence-electron chi connectivity index (χ0n) is 12.6. The Morgan fingerprint density at radius 2 is 2.05 bits per heavy atom. The van der Waals surface area contributed by atoms with Gasteiger partial charge in [-0.25, -0.2) is 9.97 Å². The minimum atomic E-state index is 0.312. The second-order valence-corrected chi connectivity index (χ2v) is 5.80. The summed E-state index contributed by atoms with van der Waals surface area (Å²) in [6.07, 6.45) is 1.42. The largest absolute Gasteiger partial charge is 0.383 e. The zero-order valence-corrected chi connectivity index (χ0v) is 12.6. The van der Waals surface area contributed by atoms with E-state index >= 15 is 0 Å². The Balaban J connectivity index is 2.12. The molecule has 3 rings (SSSR count). The molecule has 1 aliphatic heterocycles. The van der Waals surface area contributed by atoms with Crippen LogP contribution < -0.4 is 5.73 Å². The number of nitrogens with two attached hydrogens (primary N) is 1. The van der Waals surface area contributed by atoms with Gasteiger partial charge in [-0.3, -0.25) is 0 Å². The molecule has 2 N–H and O–H groups in total. The lowest BCUT2D eigenvalue weighted by Gasteiger charge is -2.17. The quantitative estimate of drug-likeness (QED) is 0.913. The fraction of sp³-hybridized carbons (Fsp3) is 0.600. The Kier molecular flexibility index (Phi) is 3.17. The van der Waals surface area contributed by atoms with Crippen LogP contribution in [0.5, 0.6) is 0 Å². The van der Waals surface area contributed by atoms with Gasteiger partial charge in [0.2, 0.25) is 0 Å². The summed E-state index contributed by atoms with van der Waals surface area (Å²) in [6.45, 7) is 10.1. The van der Waals surface area contributed by atoms with E-state index in [0.717, 1.165) is 36.4 Å². The van der Waals surface area contributed by atoms with Crippen LogP contribution in [0.1, 0.15) is 30.4 Å². The van der Waals surface area contributed by atoms with Crippen molar-refractivity contribution >= 4 is 16.9 Å². The molecule has 0 aromatic carbocycles. The first kappa shape index (κ1) is 13.4. The van der Waals surface area contributed by atoms with Crippen molar-refractivity contribution in [3.8, 4) is 0 Å². The average molecular weight is 274 g/mol. The van der Waals surface area contributed by atoms with Crippen LogP contribution in [0.2, 0.25) is 0 Å². The maximum absolute atomic E-state index is 6.09. The van der Waals surface area contributed by atoms with E-state index in [0.29, 0.717) is 17.8 Å². The Morgan fingerprint density at radius 3 is 2.70 bits per heavy atom. The predicted octanol–water partition coefficient (Wildman–Crippen LogP) is 2.36. The topological polar surface area (TPSA) is 66.0 Å². The molecule has 5 heteroatoms. The van der Waals surface area contributed by atoms with Gasteiger partial charge in [0, 0.05) is 24.8 Å². The second-order valence-electron chi connectivity index (χ2n) is 5.80. The molecule has 3 heterocycles. The van der Waals surface area contributed by atoms with Gasteiger partial charge in [0.15, 0.2) is 0 Å². The first-order valence-corrected chi connectivity index (χ1v) is 7.20. The van der Waals surface area contributed by atoms with Crippen LogP contribution >= 0.6 is 0 Å². The van der Waals surface area contributed by atoms with Gasteiger partial charge in [-0.1, -0.05) is 0 Å². The lowest BCUT2D eigenvalue weighted by Crippen LogP contribution is -2.19. The number of nitrogens with zero attached hydrogens (tertiary/aromatic N) is 3. The molecular weight excluding hydrogens is 252 g/mol. The second kappa shape index (κ2) is 4.74. The van der Waals surface area contributed by atoms with E-state index in [1.54, 1.807) is 0 Å². The third-order valence-corrected chi connectivity index (χ3v) is 4.56. The van der Waals surface area contributed by atoms with E-state index in [-0.39, 0.29) is 0 Å². The van der Waals surface area contributed by atoms with Gasteiger partial charge in [-0.05, 0) is 39.7 Å². The Hall–Kier alpha value is -1.62. The van der Waals surface area contributed by atoms with Crippen LogP contribution in [0.4, 0.5) is 5.82 Å². The number of aryl methyl sites for hydroxylation is 2. The molecule has 5 nitrogen and oxygen atoms in total. The predicted molar refractivity (Wildman–Crippen MR) is 79.7 cm³/mol. The lowest BCUT2D eigenvalue weighted by molar-refractivity contribution is 0.102. The van der Waals surface area contributed by atoms with Gasteiger partial charge < -0.3 is 15.0 Å². The fourth-order valence-electron chi connectivity index (χ4n) is 3.15. The number of nitrogen functional groups attached to an aromatic ring is 1. The van der Waals surface area contributed by atoms with Crippen molar-refractivity contribution in [3.05, 3.63) is 17.1 Å². The molecule has 2 unspecified atom stereocenters. The summed E-state index contributed by atoms with van der Waals surface area (Å²) in [5.74, 6) is 1.85. The Labute approximate surface area is 119 Å². The molecule has 0 bridgehead atoms. The van der Waals surface area contributed by atoms with Gasteiger partial charge in [-0.15, -0.1) is 0 Å². The SMILES string of the molecule is Cc1nc(N)c2c(C)c(C)n(CC3CCOC3C)c2n1. The van der Waals surface area contributed by atoms with Crippen molar-refractivity contribution in [2.24, 2.45) is 5.92 Å². The standard InChI is InChI=1S/C15H22N4O/c1-8-9(2)19(7-12-5-6-20-10(12)3)15-13(8)14(16)17-11(4)18-15/h10,12H,5-7H2,1-4H3,(H2,16,17,18). The normalized spacial score (nSPS) is 22.8. The highest BCUT2D eigenvalue weighted by atomic mass is 16.5. The third-order valence-electron chi connectivity index (χ3n) is 4.56. The number of aromatic nitrogens is 3. The van der Waals surface area contributed by atoms with Crippen LogP contribution in [-0.2, 0) is 11.3 Å². The zero-order chi connectivity index (χ0) is 14.4. The number of ether oxygens (including phenoxy) is 1. The van der Waals surface area contributed by atoms with Gasteiger partial charge in [-0.2, -0.15) is 0 Å². The molecule has 0 aliphatic carbocycles. The van der Waals surface area contributed by atoms with Crippen molar-refractivity contribution < 1.29 is 4.74 Å². The molecule has 1 saturated heterocycles. The van der Waals surface area contributed by atoms with Crippen molar-refractivity contribution in [2.45, 2.75) is 46.8 Å². The summed E-state index contributed by atoms with van der Waals surface area (Å²) in [4.78, 5) is 8.91. The van der Waals surface area contributed by atoms with Crippen molar-refractivity contribution in [1.29, 1.82) is 0 Å². The van der Waals surface area contributed by atoms with E-state index in [2.05, 4.69) is 35.3 Å². The van der Waals surface area contributed by atoms with E-state index in [4.69, 9.17) is 10.5 Å². The Bertz CT molecular complexity index is 662. The van der Waals surface area contributed by atoms with Crippen molar-refractivity contribution in [2.75, 3.05) is 12.3 Å². The maximum atomic E-state index is 6.09. The molecule has 0 radical (unpaired) electrons. The lowest BCUT2D eigenvalue weighted by atomic mass is 10.0. The van der Waals surface area contributed by atoms with E-state index in [1.807, 2.05) is 6.92 Å². The molecule has 2 atom stereocenters. The number of fused-ring (bicyclic) bond motifs is 1. The molecule has 0 amide bonds. The van der Waals surface area contributed by atoms with E-state index in [9.17, 15) is 0 Å². The molecule has 0 spiro atoms. The molecular formula is C15H22N4O. The minimum Gasteiger partial charge on any atom is -0.383 e. The third kappa shape index (κ3) is 1.97. The van der Waals surface area contributed by atoms with Crippen molar-refractivity contribution in [3.63, 3.8) is 0 Å². The summed E-state index contributed by atoms with van der Waals surface area (Å²) in [5.41, 5.74) is 9.46. The van der Waals surface area contributed by atoms with E-state index in [1.165, 1.54) is 11.3 Å². The summed E-state index contributed by atoms with van der Waals surface area (Å²) in [6, 6.07) is 0. The molecule has 1 fully saturated rings. The number of rotatable bonds is 2. The van der Waals surface area contributed by atoms with Crippen LogP contribution in [0, 0.1) is 26.7 Å². The smallest absolute Gasteiger partial charge is 0.146 e. The number of hydrogen-bond donors (Lipinski definition) is 1. The van der Waals surface area contributed by atoms with Gasteiger partial charge >= 0.3 is 0 Å². The minimum absolute atomic E-state index is 0.312. The average Bonchev–Trinajstić information content (AvgIpc) is 2.87. The molecule has 0 saturated carbocycles. The highest BCUT2D eigenvalue weighted by molar-refractivity contribution is 5.91. The first-order valence-electron chi connectivity index (χ1n) is 7.20. The number of hydrogen-bond acceptors (Lipinski definition) is 4. The van der Waals surface area contributed by atoms with Gasteiger partial charge in [0.05, 0.1) is 11.5 Å². The van der Waals surface area contributed by atoms with Gasteiger partial charge in [0.25, 0.3) is 0 Å². The molecule has 2 aromatic heterocycles. The summed E-state index contributed by atoms with van der Waals surface area (Å²) in [5, 5.41) is 1.000. The highest BCUT2D eigenvalue weighted by Gasteiger charge is 2.26. The monoisotopic (exact) mass is 274 g/mol. The molecule has 1 aliphatic rings. The summed E-state index contributed by atoms with van der Waals surface area (Å²) < 4.78 is 7.96. The van der Waals surface area contributed by atoms with Crippen LogP contribution in [-0.4, -0.2) is 27.2 Å². The highest BCUT2D eigenvalue weighted by Crippen LogP contribution is 2.30. The van der Waals surface area contributed by atoms with Crippen molar-refractivity contribution in [1.82, 2.24) is 14.5 Å². The van der Waals surface area contributed by atoms with E-state index < -0.39 is 0 Å². The molecule has 108 valence electrons. The number of anilines is 1. The summed E-state index contributed by atoms with van der Waals surface area (Å²) >= 11 is 0. The molecule has 2 aromatic rings. The fourth-order valence-corrected chi connectivity index (χ4v) is 3.15. The Morgan fingerprint density at radius 1 is 1.30 bits per heavy atom. The first-order chi connectivity index (χ1) is 9.49. The van der Waals surface area contributed by atoms with Crippen LogP contribution in [0.15, 0.2) is 0 Å².